The topological polar surface area (TPSA) is 17.1 Å². The monoisotopic (exact) mass is 197 g/mol. The van der Waals surface area contributed by atoms with Crippen LogP contribution in [0.5, 0.6) is 0 Å². The minimum absolute atomic E-state index is 0.387. The molecule has 0 aliphatic rings. The van der Waals surface area contributed by atoms with Gasteiger partial charge in [0.25, 0.3) is 5.24 Å². The van der Waals surface area contributed by atoms with Crippen molar-refractivity contribution in [3.63, 3.8) is 0 Å². The molecule has 0 atom stereocenters. The molecule has 0 unspecified atom stereocenters. The maximum Gasteiger partial charge on any atom is 0.252 e. The summed E-state index contributed by atoms with van der Waals surface area (Å²) in [5, 5.41) is 0.934. The Morgan fingerprint density at radius 2 is 1.75 bits per heavy atom. The summed E-state index contributed by atoms with van der Waals surface area (Å²) in [7, 11) is -0.408. The number of carbonyl (C=O) groups excluding carboxylic acids is 1. The van der Waals surface area contributed by atoms with Gasteiger partial charge in [-0.3, -0.25) is 4.79 Å². The lowest BCUT2D eigenvalue weighted by atomic mass is 10.2. The number of rotatable bonds is 2. The molecule has 0 heterocycles. The van der Waals surface area contributed by atoms with Crippen LogP contribution in [0.1, 0.15) is 10.4 Å². The Bertz CT molecular complexity index is 279. The van der Waals surface area contributed by atoms with Crippen molar-refractivity contribution >= 4 is 30.8 Å². The van der Waals surface area contributed by atoms with Crippen LogP contribution in [0.25, 0.3) is 0 Å². The second-order valence-corrected chi connectivity index (χ2v) is 5.77. The molecule has 0 bridgehead atoms. The van der Waals surface area contributed by atoms with E-state index in [0.29, 0.717) is 5.56 Å². The predicted octanol–water partition coefficient (Wildman–Crippen LogP) is 2.03. The highest BCUT2D eigenvalue weighted by molar-refractivity contribution is 6.71. The molecular formula is C9H10ClOSi. The number of hydrogen-bond acceptors (Lipinski definition) is 1. The molecule has 0 amide bonds. The molecule has 0 fully saturated rings. The summed E-state index contributed by atoms with van der Waals surface area (Å²) in [6.07, 6.45) is 0. The number of halogens is 1. The van der Waals surface area contributed by atoms with Gasteiger partial charge in [0.15, 0.2) is 0 Å². The Hall–Kier alpha value is -0.603. The fourth-order valence-corrected chi connectivity index (χ4v) is 1.89. The van der Waals surface area contributed by atoms with Gasteiger partial charge in [-0.15, -0.1) is 0 Å². The van der Waals surface area contributed by atoms with Crippen LogP contribution in [0.4, 0.5) is 0 Å². The molecule has 1 nitrogen and oxygen atoms in total. The summed E-state index contributed by atoms with van der Waals surface area (Å²) in [5.41, 5.74) is 0.573. The van der Waals surface area contributed by atoms with E-state index in [1.807, 2.05) is 12.1 Å². The summed E-state index contributed by atoms with van der Waals surface area (Å²) in [5.74, 6) is 0. The second kappa shape index (κ2) is 3.87. The predicted molar refractivity (Wildman–Crippen MR) is 53.7 cm³/mol. The van der Waals surface area contributed by atoms with Crippen LogP contribution in [0.15, 0.2) is 24.3 Å². The molecule has 63 valence electrons. The fraction of sp³-hybridized carbons (Fsp3) is 0.222. The minimum Gasteiger partial charge on any atom is -0.276 e. The van der Waals surface area contributed by atoms with Crippen molar-refractivity contribution < 1.29 is 4.79 Å². The molecule has 0 aliphatic carbocycles. The van der Waals surface area contributed by atoms with Gasteiger partial charge >= 0.3 is 0 Å². The second-order valence-electron chi connectivity index (χ2n) is 2.85. The highest BCUT2D eigenvalue weighted by atomic mass is 35.5. The van der Waals surface area contributed by atoms with Crippen molar-refractivity contribution in [1.82, 2.24) is 0 Å². The smallest absolute Gasteiger partial charge is 0.252 e. The van der Waals surface area contributed by atoms with E-state index >= 15 is 0 Å². The Kier molecular flexibility index (Phi) is 3.06. The maximum atomic E-state index is 10.7. The highest BCUT2D eigenvalue weighted by Gasteiger charge is 2.03. The van der Waals surface area contributed by atoms with Crippen LogP contribution in [0, 0.1) is 0 Å². The molecular weight excluding hydrogens is 188 g/mol. The number of hydrogen-bond donors (Lipinski definition) is 0. The lowest BCUT2D eigenvalue weighted by Crippen LogP contribution is -2.22. The lowest BCUT2D eigenvalue weighted by molar-refractivity contribution is 0.108. The molecule has 1 radical (unpaired) electrons. The third-order valence-corrected chi connectivity index (χ3v) is 3.40. The van der Waals surface area contributed by atoms with E-state index in [1.54, 1.807) is 12.1 Å². The van der Waals surface area contributed by atoms with Gasteiger partial charge in [-0.2, -0.15) is 0 Å². The molecule has 1 rings (SSSR count). The van der Waals surface area contributed by atoms with E-state index in [2.05, 4.69) is 13.1 Å². The van der Waals surface area contributed by atoms with E-state index in [4.69, 9.17) is 11.6 Å². The van der Waals surface area contributed by atoms with E-state index in [0.717, 1.165) is 0 Å². The normalized spacial score (nSPS) is 10.3. The van der Waals surface area contributed by atoms with Crippen molar-refractivity contribution in [2.45, 2.75) is 13.1 Å². The Morgan fingerprint density at radius 1 is 1.25 bits per heavy atom. The van der Waals surface area contributed by atoms with Gasteiger partial charge < -0.3 is 0 Å². The van der Waals surface area contributed by atoms with E-state index in [-0.39, 0.29) is 5.24 Å². The summed E-state index contributed by atoms with van der Waals surface area (Å²) >= 11 is 5.30. The summed E-state index contributed by atoms with van der Waals surface area (Å²) in [4.78, 5) is 10.7. The quantitative estimate of drug-likeness (QED) is 0.524. The molecule has 1 aromatic carbocycles. The van der Waals surface area contributed by atoms with Gasteiger partial charge in [-0.05, 0) is 11.6 Å². The fourth-order valence-electron chi connectivity index (χ4n) is 0.935. The minimum atomic E-state index is -0.408. The lowest BCUT2D eigenvalue weighted by Gasteiger charge is -2.02. The van der Waals surface area contributed by atoms with Crippen molar-refractivity contribution in [3.05, 3.63) is 29.8 Å². The van der Waals surface area contributed by atoms with Crippen molar-refractivity contribution in [2.75, 3.05) is 0 Å². The van der Waals surface area contributed by atoms with Gasteiger partial charge in [0.2, 0.25) is 0 Å². The molecule has 0 aliphatic heterocycles. The molecule has 0 spiro atoms. The van der Waals surface area contributed by atoms with E-state index in [1.165, 1.54) is 5.19 Å². The number of benzene rings is 1. The van der Waals surface area contributed by atoms with Crippen molar-refractivity contribution in [1.29, 1.82) is 0 Å². The van der Waals surface area contributed by atoms with Gasteiger partial charge in [0.05, 0.1) is 8.80 Å². The zero-order valence-electron chi connectivity index (χ0n) is 7.10. The highest BCUT2D eigenvalue weighted by Crippen LogP contribution is 2.01. The molecule has 1 aromatic rings. The first-order chi connectivity index (χ1) is 5.61. The average Bonchev–Trinajstić information content (AvgIpc) is 2.04. The van der Waals surface area contributed by atoms with Crippen LogP contribution in [-0.4, -0.2) is 14.0 Å². The van der Waals surface area contributed by atoms with Gasteiger partial charge in [0, 0.05) is 5.56 Å². The molecule has 0 saturated carbocycles. The Balaban J connectivity index is 2.93. The standard InChI is InChI=1S/C9H10ClOSi/c1-12(2)8-5-3-7(4-6-8)9(10)11/h3-6H,1-2H3. The summed E-state index contributed by atoms with van der Waals surface area (Å²) < 4.78 is 0. The Labute approximate surface area is 79.0 Å². The van der Waals surface area contributed by atoms with Crippen LogP contribution in [0.2, 0.25) is 13.1 Å². The third-order valence-electron chi connectivity index (χ3n) is 1.69. The first-order valence-electron chi connectivity index (χ1n) is 3.71. The number of carbonyl (C=O) groups is 1. The van der Waals surface area contributed by atoms with Crippen molar-refractivity contribution in [3.8, 4) is 0 Å². The van der Waals surface area contributed by atoms with Crippen molar-refractivity contribution in [2.24, 2.45) is 0 Å². The van der Waals surface area contributed by atoms with Crippen LogP contribution in [-0.2, 0) is 0 Å². The van der Waals surface area contributed by atoms with Crippen LogP contribution >= 0.6 is 11.6 Å². The maximum absolute atomic E-state index is 10.7. The molecule has 0 aromatic heterocycles. The largest absolute Gasteiger partial charge is 0.276 e. The third kappa shape index (κ3) is 2.19. The van der Waals surface area contributed by atoms with E-state index < -0.39 is 8.80 Å². The molecule has 3 heteroatoms. The van der Waals surface area contributed by atoms with Crippen LogP contribution in [0.3, 0.4) is 0 Å². The van der Waals surface area contributed by atoms with E-state index in [9.17, 15) is 4.79 Å². The van der Waals surface area contributed by atoms with Gasteiger partial charge in [-0.1, -0.05) is 42.5 Å². The van der Waals surface area contributed by atoms with Crippen LogP contribution < -0.4 is 5.19 Å². The molecule has 0 N–H and O–H groups in total. The molecule has 0 saturated heterocycles. The average molecular weight is 198 g/mol. The SMILES string of the molecule is C[Si](C)c1ccc(C(=O)Cl)cc1. The summed E-state index contributed by atoms with van der Waals surface area (Å²) in [6, 6.07) is 7.51. The van der Waals surface area contributed by atoms with Gasteiger partial charge in [-0.25, -0.2) is 0 Å². The Morgan fingerprint density at radius 3 is 2.08 bits per heavy atom. The zero-order valence-corrected chi connectivity index (χ0v) is 8.85. The zero-order chi connectivity index (χ0) is 9.14. The summed E-state index contributed by atoms with van der Waals surface area (Å²) in [6.45, 7) is 4.42. The first kappa shape index (κ1) is 9.48. The van der Waals surface area contributed by atoms with Gasteiger partial charge in [0.1, 0.15) is 0 Å². The molecule has 12 heavy (non-hydrogen) atoms. The first-order valence-corrected chi connectivity index (χ1v) is 6.59.